The van der Waals surface area contributed by atoms with Crippen molar-refractivity contribution in [3.63, 3.8) is 0 Å². The van der Waals surface area contributed by atoms with Crippen LogP contribution in [0.25, 0.3) is 0 Å². The van der Waals surface area contributed by atoms with Crippen LogP contribution < -0.4 is 5.32 Å². The zero-order valence-electron chi connectivity index (χ0n) is 37.5. The molecule has 0 aliphatic carbocycles. The molecule has 0 bridgehead atoms. The molecule has 0 saturated carbocycles. The molecule has 0 fully saturated rings. The molecule has 2 N–H and O–H groups in total. The van der Waals surface area contributed by atoms with Crippen LogP contribution in [-0.4, -0.2) is 67.1 Å². The Morgan fingerprint density at radius 3 is 1.38 bits per heavy atom. The largest absolute Gasteiger partial charge is 0.466 e. The van der Waals surface area contributed by atoms with Gasteiger partial charge in [-0.3, -0.25) is 14.9 Å². The number of aliphatic hydroxyl groups excluding tert-OH is 1. The van der Waals surface area contributed by atoms with Crippen LogP contribution >= 0.6 is 0 Å². The number of hydrogen-bond donors (Lipinski definition) is 2. The van der Waals surface area contributed by atoms with E-state index in [9.17, 15) is 14.7 Å². The zero-order chi connectivity index (χ0) is 40.3. The van der Waals surface area contributed by atoms with Gasteiger partial charge in [-0.1, -0.05) is 169 Å². The molecule has 7 heteroatoms. The molecule has 0 aromatic rings. The third-order valence-corrected chi connectivity index (χ3v) is 11.2. The van der Waals surface area contributed by atoms with Gasteiger partial charge in [0.15, 0.2) is 0 Å². The Labute approximate surface area is 343 Å². The van der Waals surface area contributed by atoms with E-state index in [0.717, 1.165) is 84.0 Å². The summed E-state index contributed by atoms with van der Waals surface area (Å²) in [5.41, 5.74) is 0. The summed E-state index contributed by atoms with van der Waals surface area (Å²) < 4.78 is 11.5. The number of nitrogens with one attached hydrogen (secondary N) is 1. The lowest BCUT2D eigenvalue weighted by Gasteiger charge is -2.23. The van der Waals surface area contributed by atoms with Crippen molar-refractivity contribution in [3.8, 4) is 0 Å². The number of rotatable bonds is 45. The molecule has 0 aliphatic rings. The monoisotopic (exact) mass is 781 g/mol. The molecule has 328 valence electrons. The molecular formula is C48H96N2O5. The highest BCUT2D eigenvalue weighted by Crippen LogP contribution is 2.19. The number of carbonyl (C=O) groups is 2. The molecular weight excluding hydrogens is 685 g/mol. The Morgan fingerprint density at radius 2 is 0.891 bits per heavy atom. The van der Waals surface area contributed by atoms with Crippen molar-refractivity contribution in [3.05, 3.63) is 0 Å². The highest BCUT2D eigenvalue weighted by Gasteiger charge is 2.14. The predicted molar refractivity (Wildman–Crippen MR) is 236 cm³/mol. The molecule has 0 rings (SSSR count). The maximum absolute atomic E-state index is 12.8. The average molecular weight is 781 g/mol. The van der Waals surface area contributed by atoms with Crippen LogP contribution in [0.2, 0.25) is 0 Å². The van der Waals surface area contributed by atoms with Gasteiger partial charge >= 0.3 is 11.9 Å². The van der Waals surface area contributed by atoms with Crippen LogP contribution in [0.5, 0.6) is 0 Å². The van der Waals surface area contributed by atoms with E-state index in [-0.39, 0.29) is 18.0 Å². The molecule has 1 atom stereocenters. The summed E-state index contributed by atoms with van der Waals surface area (Å²) in [5, 5.41) is 13.1. The van der Waals surface area contributed by atoms with Crippen LogP contribution in [0.1, 0.15) is 252 Å². The zero-order valence-corrected chi connectivity index (χ0v) is 37.5. The molecule has 0 aromatic carbocycles. The lowest BCUT2D eigenvalue weighted by atomic mass is 10.0. The van der Waals surface area contributed by atoms with Gasteiger partial charge in [0, 0.05) is 12.8 Å². The summed E-state index contributed by atoms with van der Waals surface area (Å²) in [6, 6.07) is 0. The van der Waals surface area contributed by atoms with Gasteiger partial charge in [0.2, 0.25) is 0 Å². The molecule has 0 aromatic heterocycles. The van der Waals surface area contributed by atoms with Crippen molar-refractivity contribution in [2.24, 2.45) is 0 Å². The van der Waals surface area contributed by atoms with Gasteiger partial charge in [-0.05, 0) is 96.8 Å². The molecule has 0 radical (unpaired) electrons. The lowest BCUT2D eigenvalue weighted by molar-refractivity contribution is -0.150. The Hall–Kier alpha value is -1.18. The first-order valence-corrected chi connectivity index (χ1v) is 24.5. The van der Waals surface area contributed by atoms with Crippen LogP contribution in [-0.2, 0) is 19.1 Å². The highest BCUT2D eigenvalue weighted by atomic mass is 16.5. The van der Waals surface area contributed by atoms with E-state index in [4.69, 9.17) is 9.47 Å². The number of hydrogen-bond acceptors (Lipinski definition) is 7. The first-order valence-electron chi connectivity index (χ1n) is 24.5. The Balaban J connectivity index is 4.28. The van der Waals surface area contributed by atoms with Gasteiger partial charge < -0.3 is 19.5 Å². The Kier molecular flexibility index (Phi) is 43.0. The minimum absolute atomic E-state index is 0.0219. The third kappa shape index (κ3) is 40.8. The van der Waals surface area contributed by atoms with Gasteiger partial charge in [-0.15, -0.1) is 0 Å². The highest BCUT2D eigenvalue weighted by molar-refractivity contribution is 5.69. The maximum atomic E-state index is 12.8. The van der Waals surface area contributed by atoms with Gasteiger partial charge in [0.1, 0.15) is 12.3 Å². The molecule has 55 heavy (non-hydrogen) atoms. The molecule has 7 nitrogen and oxygen atoms in total. The summed E-state index contributed by atoms with van der Waals surface area (Å²) in [6.07, 6.45) is 39.9. The number of nitrogens with zero attached hydrogens (tertiary/aromatic N) is 1. The van der Waals surface area contributed by atoms with Crippen LogP contribution in [0, 0.1) is 0 Å². The average Bonchev–Trinajstić information content (AvgIpc) is 3.18. The van der Waals surface area contributed by atoms with Crippen molar-refractivity contribution in [2.75, 3.05) is 32.8 Å². The molecule has 0 spiro atoms. The fraction of sp³-hybridized carbons (Fsp3) is 0.958. The third-order valence-electron chi connectivity index (χ3n) is 11.2. The first-order chi connectivity index (χ1) is 27.0. The van der Waals surface area contributed by atoms with Crippen molar-refractivity contribution in [2.45, 2.75) is 265 Å². The SMILES string of the molecule is CCCCCCCCCOC(=O)CCCCCCCN(CCCCCCCC(=O)OC(CCCCCCCC)CCCCCCCC)CCCNC(O)CC. The molecule has 0 heterocycles. The molecule has 0 aliphatic heterocycles. The van der Waals surface area contributed by atoms with Gasteiger partial charge in [-0.2, -0.15) is 0 Å². The minimum Gasteiger partial charge on any atom is -0.466 e. The predicted octanol–water partition coefficient (Wildman–Crippen LogP) is 13.4. The maximum Gasteiger partial charge on any atom is 0.306 e. The van der Waals surface area contributed by atoms with Crippen LogP contribution in [0.3, 0.4) is 0 Å². The van der Waals surface area contributed by atoms with Gasteiger partial charge in [0.25, 0.3) is 0 Å². The second kappa shape index (κ2) is 43.9. The van der Waals surface area contributed by atoms with Crippen molar-refractivity contribution in [1.29, 1.82) is 0 Å². The quantitative estimate of drug-likeness (QED) is 0.0361. The van der Waals surface area contributed by atoms with E-state index in [1.807, 2.05) is 6.92 Å². The van der Waals surface area contributed by atoms with E-state index < -0.39 is 6.23 Å². The van der Waals surface area contributed by atoms with Crippen LogP contribution in [0.15, 0.2) is 0 Å². The second-order valence-corrected chi connectivity index (χ2v) is 16.7. The topological polar surface area (TPSA) is 88.1 Å². The van der Waals surface area contributed by atoms with Crippen molar-refractivity contribution >= 4 is 11.9 Å². The van der Waals surface area contributed by atoms with Crippen LogP contribution in [0.4, 0.5) is 0 Å². The lowest BCUT2D eigenvalue weighted by Crippen LogP contribution is -2.33. The number of esters is 2. The summed E-state index contributed by atoms with van der Waals surface area (Å²) in [6.45, 7) is 13.5. The van der Waals surface area contributed by atoms with E-state index in [2.05, 4.69) is 31.0 Å². The summed E-state index contributed by atoms with van der Waals surface area (Å²) in [4.78, 5) is 27.5. The number of ether oxygens (including phenoxy) is 2. The van der Waals surface area contributed by atoms with Gasteiger partial charge in [0.05, 0.1) is 6.61 Å². The number of carbonyl (C=O) groups excluding carboxylic acids is 2. The smallest absolute Gasteiger partial charge is 0.306 e. The van der Waals surface area contributed by atoms with E-state index in [0.29, 0.717) is 19.4 Å². The Morgan fingerprint density at radius 1 is 0.491 bits per heavy atom. The van der Waals surface area contributed by atoms with E-state index >= 15 is 0 Å². The van der Waals surface area contributed by atoms with Crippen molar-refractivity contribution in [1.82, 2.24) is 10.2 Å². The first kappa shape index (κ1) is 53.8. The fourth-order valence-electron chi connectivity index (χ4n) is 7.45. The second-order valence-electron chi connectivity index (χ2n) is 16.7. The summed E-state index contributed by atoms with van der Waals surface area (Å²) in [7, 11) is 0. The fourth-order valence-corrected chi connectivity index (χ4v) is 7.45. The molecule has 0 amide bonds. The van der Waals surface area contributed by atoms with E-state index in [1.54, 1.807) is 0 Å². The standard InChI is InChI=1S/C48H96N2O5/c1-5-9-12-15-18-27-34-44-54-47(52)38-30-23-19-25-32-41-50(43-35-40-49-46(51)8-4)42-33-26-20-24-31-39-48(53)55-45(36-28-21-16-13-10-6-2)37-29-22-17-14-11-7-3/h45-46,49,51H,5-44H2,1-4H3. The minimum atomic E-state index is -0.408. The molecule has 0 saturated heterocycles. The van der Waals surface area contributed by atoms with Crippen molar-refractivity contribution < 1.29 is 24.2 Å². The Bertz CT molecular complexity index is 780. The normalized spacial score (nSPS) is 12.2. The number of unbranched alkanes of at least 4 members (excludes halogenated alkanes) is 24. The van der Waals surface area contributed by atoms with Gasteiger partial charge in [-0.25, -0.2) is 0 Å². The van der Waals surface area contributed by atoms with E-state index in [1.165, 1.54) is 154 Å². The number of aliphatic hydroxyl groups is 1. The molecule has 1 unspecified atom stereocenters. The summed E-state index contributed by atoms with van der Waals surface area (Å²) >= 11 is 0. The summed E-state index contributed by atoms with van der Waals surface area (Å²) in [5.74, 6) is -0.00110.